The predicted molar refractivity (Wildman–Crippen MR) is 105 cm³/mol. The topological polar surface area (TPSA) is 72.2 Å². The van der Waals surface area contributed by atoms with Gasteiger partial charge in [0, 0.05) is 0 Å². The minimum atomic E-state index is -0.896. The van der Waals surface area contributed by atoms with Gasteiger partial charge in [-0.25, -0.2) is 0 Å². The number of para-hydroxylation sites is 1. The van der Waals surface area contributed by atoms with Gasteiger partial charge in [0.1, 0.15) is 0 Å². The molecule has 0 bridgehead atoms. The van der Waals surface area contributed by atoms with Gasteiger partial charge in [-0.05, 0) is 0 Å². The van der Waals surface area contributed by atoms with E-state index in [1.165, 1.54) is 6.07 Å². The third-order valence-electron chi connectivity index (χ3n) is 3.80. The second-order valence-electron chi connectivity index (χ2n) is 6.14. The zero-order valence-corrected chi connectivity index (χ0v) is 16.6. The number of hydrogen-bond donors (Lipinski definition) is 1. The van der Waals surface area contributed by atoms with Gasteiger partial charge in [0.05, 0.1) is 0 Å². The van der Waals surface area contributed by atoms with E-state index in [9.17, 15) is 14.9 Å². The van der Waals surface area contributed by atoms with Gasteiger partial charge in [0.15, 0.2) is 0 Å². The molecule has 0 fully saturated rings. The number of carbonyl (C=O) groups is 1. The molecule has 136 valence electrons. The molecular formula is C20H22N2O3Se. The molecule has 2 aromatic carbocycles. The van der Waals surface area contributed by atoms with Crippen LogP contribution in [0.5, 0.6) is 0 Å². The van der Waals surface area contributed by atoms with Gasteiger partial charge in [-0.15, -0.1) is 0 Å². The fraction of sp³-hybridized carbons (Fsp3) is 0.250. The van der Waals surface area contributed by atoms with E-state index in [4.69, 9.17) is 0 Å². The van der Waals surface area contributed by atoms with Crippen LogP contribution in [0, 0.1) is 10.1 Å². The first-order valence-electron chi connectivity index (χ1n) is 8.30. The Labute approximate surface area is 159 Å². The summed E-state index contributed by atoms with van der Waals surface area (Å²) < 4.78 is -0.304. The Morgan fingerprint density at radius 3 is 2.42 bits per heavy atom. The summed E-state index contributed by atoms with van der Waals surface area (Å²) in [6, 6.07) is 16.1. The summed E-state index contributed by atoms with van der Waals surface area (Å²) in [6.45, 7) is 7.63. The van der Waals surface area contributed by atoms with Crippen molar-refractivity contribution < 1.29 is 9.72 Å². The number of nitrogens with one attached hydrogen (secondary N) is 1. The van der Waals surface area contributed by atoms with Crippen molar-refractivity contribution in [3.63, 3.8) is 0 Å². The van der Waals surface area contributed by atoms with E-state index >= 15 is 0 Å². The Hall–Kier alpha value is -2.43. The van der Waals surface area contributed by atoms with E-state index in [0.29, 0.717) is 10.9 Å². The monoisotopic (exact) mass is 418 g/mol. The van der Waals surface area contributed by atoms with Crippen LogP contribution in [0.15, 0.2) is 67.3 Å². The van der Waals surface area contributed by atoms with Gasteiger partial charge < -0.3 is 0 Å². The van der Waals surface area contributed by atoms with Crippen molar-refractivity contribution in [2.45, 2.75) is 30.6 Å². The average Bonchev–Trinajstić information content (AvgIpc) is 2.61. The maximum absolute atomic E-state index is 13.2. The normalized spacial score (nSPS) is 13.0. The van der Waals surface area contributed by atoms with Gasteiger partial charge in [-0.1, -0.05) is 0 Å². The van der Waals surface area contributed by atoms with Crippen LogP contribution in [-0.4, -0.2) is 31.8 Å². The molecule has 1 amide bonds. The van der Waals surface area contributed by atoms with Crippen molar-refractivity contribution in [3.05, 3.63) is 82.9 Å². The first kappa shape index (κ1) is 19.9. The molecule has 2 aromatic rings. The molecule has 2 rings (SSSR count). The summed E-state index contributed by atoms with van der Waals surface area (Å²) in [5.74, 6) is -0.128. The number of nitrogens with zero attached hydrogens (tertiary/aromatic N) is 1. The zero-order valence-electron chi connectivity index (χ0n) is 14.8. The van der Waals surface area contributed by atoms with Crippen LogP contribution in [0.4, 0.5) is 5.69 Å². The van der Waals surface area contributed by atoms with Gasteiger partial charge in [0.25, 0.3) is 0 Å². The van der Waals surface area contributed by atoms with E-state index in [-0.39, 0.29) is 22.6 Å². The van der Waals surface area contributed by atoms with E-state index in [0.717, 1.165) is 5.56 Å². The molecule has 0 heterocycles. The van der Waals surface area contributed by atoms with E-state index in [1.54, 1.807) is 24.3 Å². The summed E-state index contributed by atoms with van der Waals surface area (Å²) in [5.41, 5.74) is 0.894. The predicted octanol–water partition coefficient (Wildman–Crippen LogP) is 2.92. The first-order chi connectivity index (χ1) is 12.4. The van der Waals surface area contributed by atoms with Crippen LogP contribution < -0.4 is 9.78 Å². The zero-order chi connectivity index (χ0) is 19.2. The standard InChI is InChI=1S/C20H22N2O3Se/c1-4-14-20(19(23)21-15(2)3,16-10-6-5-7-11-16)26-18-13-9-8-12-17(18)22(24)25/h4-13,15H,1,14H2,2-3H3,(H,21,23)/t20-/m1/s1. The molecule has 0 unspecified atom stereocenters. The number of amides is 1. The summed E-state index contributed by atoms with van der Waals surface area (Å²) in [7, 11) is 0. The Morgan fingerprint density at radius 1 is 1.23 bits per heavy atom. The van der Waals surface area contributed by atoms with Crippen LogP contribution >= 0.6 is 0 Å². The molecule has 0 saturated heterocycles. The van der Waals surface area contributed by atoms with Crippen LogP contribution in [-0.2, 0) is 9.11 Å². The second kappa shape index (κ2) is 8.79. The van der Waals surface area contributed by atoms with E-state index in [2.05, 4.69) is 11.9 Å². The van der Waals surface area contributed by atoms with Crippen molar-refractivity contribution in [1.82, 2.24) is 5.32 Å². The quantitative estimate of drug-likeness (QED) is 0.311. The van der Waals surface area contributed by atoms with Crippen LogP contribution in [0.1, 0.15) is 25.8 Å². The van der Waals surface area contributed by atoms with Crippen LogP contribution in [0.3, 0.4) is 0 Å². The summed E-state index contributed by atoms with van der Waals surface area (Å²) in [6.07, 6.45) is 2.12. The van der Waals surface area contributed by atoms with Crippen molar-refractivity contribution in [2.75, 3.05) is 0 Å². The number of nitro groups is 1. The van der Waals surface area contributed by atoms with E-state index in [1.807, 2.05) is 44.2 Å². The molecule has 0 radical (unpaired) electrons. The van der Waals surface area contributed by atoms with Crippen molar-refractivity contribution in [2.24, 2.45) is 0 Å². The number of allylic oxidation sites excluding steroid dienone is 1. The minimum absolute atomic E-state index is 0.0306. The van der Waals surface area contributed by atoms with Gasteiger partial charge in [0.2, 0.25) is 0 Å². The van der Waals surface area contributed by atoms with Crippen molar-refractivity contribution in [3.8, 4) is 0 Å². The molecule has 1 N–H and O–H groups in total. The molecule has 0 aliphatic carbocycles. The number of rotatable bonds is 8. The molecule has 1 atom stereocenters. The molecular weight excluding hydrogens is 395 g/mol. The van der Waals surface area contributed by atoms with Crippen molar-refractivity contribution >= 4 is 31.0 Å². The SMILES string of the molecule is C=CC[C@]([Se]c1ccccc1[N+](=O)[O-])(C(=O)NC(C)C)c1ccccc1. The second-order valence-corrected chi connectivity index (χ2v) is 8.95. The Morgan fingerprint density at radius 2 is 1.85 bits per heavy atom. The maximum atomic E-state index is 13.2. The molecule has 0 aromatic heterocycles. The molecule has 26 heavy (non-hydrogen) atoms. The Bertz CT molecular complexity index is 793. The van der Waals surface area contributed by atoms with Crippen LogP contribution in [0.2, 0.25) is 0 Å². The van der Waals surface area contributed by atoms with Gasteiger partial charge in [-0.3, -0.25) is 0 Å². The molecule has 5 nitrogen and oxygen atoms in total. The number of nitro benzene ring substituents is 1. The van der Waals surface area contributed by atoms with E-state index < -0.39 is 19.3 Å². The Kier molecular flexibility index (Phi) is 6.72. The first-order valence-corrected chi connectivity index (χ1v) is 10.0. The molecule has 6 heteroatoms. The van der Waals surface area contributed by atoms with Crippen LogP contribution in [0.25, 0.3) is 0 Å². The molecule has 0 saturated carbocycles. The molecule has 0 spiro atoms. The number of hydrogen-bond acceptors (Lipinski definition) is 3. The molecule has 0 aliphatic heterocycles. The third-order valence-corrected chi connectivity index (χ3v) is 6.95. The third kappa shape index (κ3) is 4.39. The summed E-state index contributed by atoms with van der Waals surface area (Å²) in [4.78, 5) is 24.3. The van der Waals surface area contributed by atoms with Gasteiger partial charge in [-0.2, -0.15) is 0 Å². The molecule has 0 aliphatic rings. The van der Waals surface area contributed by atoms with Crippen molar-refractivity contribution in [1.29, 1.82) is 0 Å². The Balaban J connectivity index is 2.61. The summed E-state index contributed by atoms with van der Waals surface area (Å²) in [5, 5.41) is 14.4. The number of carbonyl (C=O) groups excluding carboxylic acids is 1. The number of benzene rings is 2. The fourth-order valence-corrected chi connectivity index (χ4v) is 5.55. The van der Waals surface area contributed by atoms with Gasteiger partial charge >= 0.3 is 160 Å². The fourth-order valence-electron chi connectivity index (χ4n) is 2.66. The average molecular weight is 417 g/mol. The summed E-state index contributed by atoms with van der Waals surface area (Å²) >= 11 is -0.509.